The van der Waals surface area contributed by atoms with Gasteiger partial charge in [-0.15, -0.1) is 0 Å². The van der Waals surface area contributed by atoms with E-state index in [0.717, 1.165) is 44.8 Å². The van der Waals surface area contributed by atoms with Crippen LogP contribution in [0.2, 0.25) is 0 Å². The molecular formula is C26H22N2. The van der Waals surface area contributed by atoms with E-state index >= 15 is 0 Å². The van der Waals surface area contributed by atoms with Gasteiger partial charge in [-0.1, -0.05) is 84.9 Å². The Morgan fingerprint density at radius 3 is 0.964 bits per heavy atom. The molecule has 0 saturated carbocycles. The van der Waals surface area contributed by atoms with Crippen LogP contribution in [-0.2, 0) is 0 Å². The fourth-order valence-electron chi connectivity index (χ4n) is 3.42. The first-order chi connectivity index (χ1) is 13.7. The molecule has 4 N–H and O–H groups in total. The number of nitrogens with two attached hydrogens (primary N) is 2. The average molecular weight is 362 g/mol. The van der Waals surface area contributed by atoms with Crippen molar-refractivity contribution < 1.29 is 0 Å². The molecule has 0 atom stereocenters. The molecule has 0 aromatic heterocycles. The first kappa shape index (κ1) is 17.6. The van der Waals surface area contributed by atoms with Crippen molar-refractivity contribution in [3.8, 4) is 0 Å². The van der Waals surface area contributed by atoms with Gasteiger partial charge < -0.3 is 11.5 Å². The van der Waals surface area contributed by atoms with Crippen molar-refractivity contribution in [1.29, 1.82) is 0 Å². The van der Waals surface area contributed by atoms with Gasteiger partial charge in [0, 0.05) is 11.4 Å². The van der Waals surface area contributed by atoms with E-state index in [4.69, 9.17) is 11.5 Å². The van der Waals surface area contributed by atoms with Gasteiger partial charge in [-0.25, -0.2) is 0 Å². The Balaban J connectivity index is 2.08. The first-order valence-electron chi connectivity index (χ1n) is 9.29. The second-order valence-electron chi connectivity index (χ2n) is 6.73. The van der Waals surface area contributed by atoms with Crippen LogP contribution in [0.25, 0.3) is 11.1 Å². The predicted molar refractivity (Wildman–Crippen MR) is 120 cm³/mol. The van der Waals surface area contributed by atoms with Crippen LogP contribution < -0.4 is 11.5 Å². The van der Waals surface area contributed by atoms with E-state index in [9.17, 15) is 0 Å². The smallest absolute Gasteiger partial charge is 0.0314 e. The van der Waals surface area contributed by atoms with Gasteiger partial charge in [0.2, 0.25) is 0 Å². The van der Waals surface area contributed by atoms with E-state index in [-0.39, 0.29) is 0 Å². The number of benzene rings is 4. The zero-order valence-electron chi connectivity index (χ0n) is 15.5. The third-order valence-electron chi connectivity index (χ3n) is 4.77. The van der Waals surface area contributed by atoms with Gasteiger partial charge in [0.15, 0.2) is 0 Å². The van der Waals surface area contributed by atoms with Crippen LogP contribution in [-0.4, -0.2) is 0 Å². The minimum Gasteiger partial charge on any atom is -0.399 e. The molecule has 0 amide bonds. The molecule has 0 heterocycles. The molecule has 136 valence electrons. The second kappa shape index (κ2) is 7.85. The maximum absolute atomic E-state index is 5.95. The fraction of sp³-hybridized carbons (Fsp3) is 0. The molecule has 4 rings (SSSR count). The number of anilines is 2. The summed E-state index contributed by atoms with van der Waals surface area (Å²) in [6.45, 7) is 0. The van der Waals surface area contributed by atoms with Gasteiger partial charge in [-0.05, 0) is 57.7 Å². The van der Waals surface area contributed by atoms with Crippen LogP contribution in [0, 0.1) is 0 Å². The molecule has 4 aromatic carbocycles. The summed E-state index contributed by atoms with van der Waals surface area (Å²) in [4.78, 5) is 0. The largest absolute Gasteiger partial charge is 0.399 e. The summed E-state index contributed by atoms with van der Waals surface area (Å²) < 4.78 is 0. The third kappa shape index (κ3) is 3.67. The number of hydrogen-bond acceptors (Lipinski definition) is 2. The third-order valence-corrected chi connectivity index (χ3v) is 4.77. The highest BCUT2D eigenvalue weighted by Crippen LogP contribution is 2.37. The van der Waals surface area contributed by atoms with Crippen molar-refractivity contribution in [2.45, 2.75) is 0 Å². The number of rotatable bonds is 4. The highest BCUT2D eigenvalue weighted by molar-refractivity contribution is 6.04. The standard InChI is InChI=1S/C26H22N2/c27-23-15-11-21(12-16-23)25(19-7-3-1-4-8-19)26(20-9-5-2-6-10-20)22-13-17-24(28)18-14-22/h1-18H,27-28H2/b26-25+. The van der Waals surface area contributed by atoms with E-state index in [0.29, 0.717) is 0 Å². The molecule has 2 nitrogen and oxygen atoms in total. The normalized spacial score (nSPS) is 11.7. The van der Waals surface area contributed by atoms with E-state index in [1.165, 1.54) is 0 Å². The molecule has 0 fully saturated rings. The average Bonchev–Trinajstić information content (AvgIpc) is 2.75. The van der Waals surface area contributed by atoms with Crippen molar-refractivity contribution in [3.05, 3.63) is 131 Å². The molecule has 0 radical (unpaired) electrons. The van der Waals surface area contributed by atoms with Gasteiger partial charge in [-0.3, -0.25) is 0 Å². The molecule has 0 unspecified atom stereocenters. The number of hydrogen-bond donors (Lipinski definition) is 2. The molecular weight excluding hydrogens is 340 g/mol. The lowest BCUT2D eigenvalue weighted by Gasteiger charge is -2.18. The van der Waals surface area contributed by atoms with Crippen LogP contribution in [0.1, 0.15) is 22.3 Å². The summed E-state index contributed by atoms with van der Waals surface area (Å²) in [6.07, 6.45) is 0. The summed E-state index contributed by atoms with van der Waals surface area (Å²) in [6, 6.07) is 37.0. The van der Waals surface area contributed by atoms with Gasteiger partial charge in [-0.2, -0.15) is 0 Å². The number of nitrogen functional groups attached to an aromatic ring is 2. The molecule has 0 bridgehead atoms. The highest BCUT2D eigenvalue weighted by atomic mass is 14.5. The molecule has 0 aliphatic heterocycles. The molecule has 28 heavy (non-hydrogen) atoms. The SMILES string of the molecule is Nc1ccc(/C(=C(\c2ccccc2)c2ccc(N)cc2)c2ccccc2)cc1. The lowest BCUT2D eigenvalue weighted by Crippen LogP contribution is -1.98. The quantitative estimate of drug-likeness (QED) is 0.353. The molecule has 0 aliphatic rings. The van der Waals surface area contributed by atoms with Crippen molar-refractivity contribution in [2.75, 3.05) is 11.5 Å². The van der Waals surface area contributed by atoms with Crippen LogP contribution >= 0.6 is 0 Å². The van der Waals surface area contributed by atoms with E-state index in [1.807, 2.05) is 36.4 Å². The van der Waals surface area contributed by atoms with Crippen LogP contribution in [0.4, 0.5) is 11.4 Å². The monoisotopic (exact) mass is 362 g/mol. The minimum absolute atomic E-state index is 0.755. The molecule has 2 heteroatoms. The van der Waals surface area contributed by atoms with Crippen LogP contribution in [0.3, 0.4) is 0 Å². The zero-order valence-corrected chi connectivity index (χ0v) is 15.5. The fourth-order valence-corrected chi connectivity index (χ4v) is 3.42. The molecule has 0 aliphatic carbocycles. The Morgan fingerprint density at radius 1 is 0.357 bits per heavy atom. The summed E-state index contributed by atoms with van der Waals surface area (Å²) in [5, 5.41) is 0. The van der Waals surface area contributed by atoms with Gasteiger partial charge >= 0.3 is 0 Å². The van der Waals surface area contributed by atoms with Crippen molar-refractivity contribution in [1.82, 2.24) is 0 Å². The van der Waals surface area contributed by atoms with E-state index < -0.39 is 0 Å². The summed E-state index contributed by atoms with van der Waals surface area (Å²) in [7, 11) is 0. The van der Waals surface area contributed by atoms with Crippen molar-refractivity contribution in [2.24, 2.45) is 0 Å². The van der Waals surface area contributed by atoms with E-state index in [1.54, 1.807) is 0 Å². The first-order valence-corrected chi connectivity index (χ1v) is 9.29. The van der Waals surface area contributed by atoms with Gasteiger partial charge in [0.05, 0.1) is 0 Å². The lowest BCUT2D eigenvalue weighted by molar-refractivity contribution is 1.50. The van der Waals surface area contributed by atoms with Crippen molar-refractivity contribution in [3.63, 3.8) is 0 Å². The second-order valence-corrected chi connectivity index (χ2v) is 6.73. The Labute approximate surface area is 165 Å². The van der Waals surface area contributed by atoms with Crippen molar-refractivity contribution >= 4 is 22.5 Å². The highest BCUT2D eigenvalue weighted by Gasteiger charge is 2.15. The predicted octanol–water partition coefficient (Wildman–Crippen LogP) is 5.86. The van der Waals surface area contributed by atoms with Crippen LogP contribution in [0.5, 0.6) is 0 Å². The maximum Gasteiger partial charge on any atom is 0.0314 e. The summed E-state index contributed by atoms with van der Waals surface area (Å²) >= 11 is 0. The minimum atomic E-state index is 0.755. The van der Waals surface area contributed by atoms with Gasteiger partial charge in [0.1, 0.15) is 0 Å². The topological polar surface area (TPSA) is 52.0 Å². The molecule has 0 saturated heterocycles. The Kier molecular flexibility index (Phi) is 4.94. The Morgan fingerprint density at radius 2 is 0.643 bits per heavy atom. The zero-order chi connectivity index (χ0) is 19.3. The molecule has 4 aromatic rings. The summed E-state index contributed by atoms with van der Waals surface area (Å²) in [5.74, 6) is 0. The maximum atomic E-state index is 5.95. The van der Waals surface area contributed by atoms with Gasteiger partial charge in [0.25, 0.3) is 0 Å². The summed E-state index contributed by atoms with van der Waals surface area (Å²) in [5.41, 5.74) is 20.3. The molecule has 0 spiro atoms. The van der Waals surface area contributed by atoms with E-state index in [2.05, 4.69) is 72.8 Å². The Bertz CT molecular complexity index is 988. The Hall–Kier alpha value is -3.78. The lowest BCUT2D eigenvalue weighted by atomic mass is 9.86. The van der Waals surface area contributed by atoms with Crippen LogP contribution in [0.15, 0.2) is 109 Å².